The normalized spacial score (nSPS) is 12.7. The van der Waals surface area contributed by atoms with Crippen molar-refractivity contribution in [1.29, 1.82) is 0 Å². The highest BCUT2D eigenvalue weighted by atomic mass is 16.6. The molecule has 6 nitrogen and oxygen atoms in total. The van der Waals surface area contributed by atoms with E-state index < -0.39 is 11.9 Å². The van der Waals surface area contributed by atoms with Crippen LogP contribution in [0, 0.1) is 0 Å². The zero-order valence-electron chi connectivity index (χ0n) is 10.6. The number of amides is 1. The minimum absolute atomic E-state index is 0.177. The van der Waals surface area contributed by atoms with E-state index >= 15 is 0 Å². The highest BCUT2D eigenvalue weighted by Crippen LogP contribution is 2.30. The fourth-order valence-electron chi connectivity index (χ4n) is 1.65. The summed E-state index contributed by atoms with van der Waals surface area (Å²) in [6.45, 7) is 3.09. The van der Waals surface area contributed by atoms with Crippen molar-refractivity contribution in [2.75, 3.05) is 19.8 Å². The molecule has 1 aromatic rings. The summed E-state index contributed by atoms with van der Waals surface area (Å²) in [5.41, 5.74) is 0.821. The fourth-order valence-corrected chi connectivity index (χ4v) is 1.65. The summed E-state index contributed by atoms with van der Waals surface area (Å²) < 4.78 is 15.4. The molecule has 6 heteroatoms. The number of carbonyl (C=O) groups excluding carboxylic acids is 2. The Labute approximate surface area is 110 Å². The lowest BCUT2D eigenvalue weighted by atomic mass is 10.2. The Morgan fingerprint density at radius 3 is 2.74 bits per heavy atom. The summed E-state index contributed by atoms with van der Waals surface area (Å²) in [4.78, 5) is 22.5. The van der Waals surface area contributed by atoms with E-state index in [4.69, 9.17) is 9.47 Å². The molecule has 1 aliphatic heterocycles. The number of fused-ring (bicyclic) bond motifs is 1. The van der Waals surface area contributed by atoms with Gasteiger partial charge in [-0.05, 0) is 24.6 Å². The van der Waals surface area contributed by atoms with Crippen LogP contribution in [0.15, 0.2) is 18.2 Å². The van der Waals surface area contributed by atoms with Crippen molar-refractivity contribution in [3.05, 3.63) is 23.8 Å². The molecule has 0 saturated carbocycles. The number of esters is 1. The average molecular weight is 265 g/mol. The van der Waals surface area contributed by atoms with Crippen LogP contribution in [0.25, 0.3) is 0 Å². The summed E-state index contributed by atoms with van der Waals surface area (Å²) in [5.74, 6) is -0.294. The van der Waals surface area contributed by atoms with E-state index in [9.17, 15) is 9.59 Å². The lowest BCUT2D eigenvalue weighted by molar-refractivity contribution is -0.154. The Kier molecular flexibility index (Phi) is 4.22. The van der Waals surface area contributed by atoms with Crippen molar-refractivity contribution in [2.45, 2.75) is 13.5 Å². The molecule has 1 amide bonds. The molecule has 1 aromatic carbocycles. The number of rotatable bonds is 3. The molecule has 0 aliphatic carbocycles. The zero-order chi connectivity index (χ0) is 13.7. The molecule has 0 unspecified atom stereocenters. The average Bonchev–Trinajstić information content (AvgIpc) is 2.44. The van der Waals surface area contributed by atoms with E-state index in [0.717, 1.165) is 5.56 Å². The van der Waals surface area contributed by atoms with E-state index in [2.05, 4.69) is 10.1 Å². The lowest BCUT2D eigenvalue weighted by Gasteiger charge is -2.18. The van der Waals surface area contributed by atoms with Crippen LogP contribution >= 0.6 is 0 Å². The molecule has 1 N–H and O–H groups in total. The topological polar surface area (TPSA) is 73.9 Å². The number of nitrogens with one attached hydrogen (secondary N) is 1. The van der Waals surface area contributed by atoms with Gasteiger partial charge in [0.2, 0.25) is 0 Å². The first kappa shape index (κ1) is 13.2. The molecule has 0 saturated heterocycles. The largest absolute Gasteiger partial charge is 0.486 e. The van der Waals surface area contributed by atoms with Crippen molar-refractivity contribution in [3.8, 4) is 11.5 Å². The van der Waals surface area contributed by atoms with Crippen LogP contribution in [-0.2, 0) is 20.9 Å². The first-order valence-corrected chi connectivity index (χ1v) is 6.04. The number of carbonyl (C=O) groups is 2. The number of ether oxygens (including phenoxy) is 3. The number of hydrogen-bond acceptors (Lipinski definition) is 5. The second kappa shape index (κ2) is 6.08. The third-order valence-electron chi connectivity index (χ3n) is 2.52. The van der Waals surface area contributed by atoms with Crippen LogP contribution in [0.2, 0.25) is 0 Å². The van der Waals surface area contributed by atoms with Gasteiger partial charge in [-0.2, -0.15) is 0 Å². The number of hydrogen-bond donors (Lipinski definition) is 1. The Bertz CT molecular complexity index is 486. The van der Waals surface area contributed by atoms with Crippen LogP contribution < -0.4 is 14.8 Å². The summed E-state index contributed by atoms with van der Waals surface area (Å²) in [6, 6.07) is 5.36. The van der Waals surface area contributed by atoms with Crippen molar-refractivity contribution in [3.63, 3.8) is 0 Å². The van der Waals surface area contributed by atoms with Gasteiger partial charge in [-0.15, -0.1) is 0 Å². The molecule has 0 fully saturated rings. The van der Waals surface area contributed by atoms with Gasteiger partial charge in [-0.3, -0.25) is 4.79 Å². The standard InChI is InChI=1S/C13H15NO5/c1-2-17-13(16)12(15)14-8-9-3-4-10-11(7-9)19-6-5-18-10/h3-4,7H,2,5-6,8H2,1H3,(H,14,15). The van der Waals surface area contributed by atoms with Crippen molar-refractivity contribution >= 4 is 11.9 Å². The van der Waals surface area contributed by atoms with Gasteiger partial charge < -0.3 is 19.5 Å². The fraction of sp³-hybridized carbons (Fsp3) is 0.385. The highest BCUT2D eigenvalue weighted by molar-refractivity contribution is 6.32. The molecule has 0 radical (unpaired) electrons. The Hall–Kier alpha value is -2.24. The van der Waals surface area contributed by atoms with Crippen LogP contribution in [0.4, 0.5) is 0 Å². The maximum atomic E-state index is 11.4. The molecule has 0 aromatic heterocycles. The molecule has 1 aliphatic rings. The molecule has 1 heterocycles. The van der Waals surface area contributed by atoms with Crippen LogP contribution in [0.5, 0.6) is 11.5 Å². The van der Waals surface area contributed by atoms with E-state index in [0.29, 0.717) is 24.7 Å². The van der Waals surface area contributed by atoms with Gasteiger partial charge in [0.05, 0.1) is 6.61 Å². The van der Waals surface area contributed by atoms with Crippen LogP contribution in [0.3, 0.4) is 0 Å². The second-order valence-electron chi connectivity index (χ2n) is 3.88. The van der Waals surface area contributed by atoms with Crippen molar-refractivity contribution in [2.24, 2.45) is 0 Å². The summed E-state index contributed by atoms with van der Waals surface area (Å²) in [5, 5.41) is 2.48. The van der Waals surface area contributed by atoms with E-state index in [1.807, 2.05) is 0 Å². The van der Waals surface area contributed by atoms with Gasteiger partial charge in [-0.1, -0.05) is 6.07 Å². The van der Waals surface area contributed by atoms with E-state index in [1.54, 1.807) is 25.1 Å². The van der Waals surface area contributed by atoms with Crippen molar-refractivity contribution in [1.82, 2.24) is 5.32 Å². The van der Waals surface area contributed by atoms with Gasteiger partial charge in [0.25, 0.3) is 0 Å². The molecular weight excluding hydrogens is 250 g/mol. The van der Waals surface area contributed by atoms with Crippen LogP contribution in [0.1, 0.15) is 12.5 Å². The Morgan fingerprint density at radius 2 is 2.00 bits per heavy atom. The molecule has 0 spiro atoms. The van der Waals surface area contributed by atoms with Crippen LogP contribution in [-0.4, -0.2) is 31.7 Å². The molecule has 102 valence electrons. The molecule has 0 atom stereocenters. The maximum absolute atomic E-state index is 11.4. The summed E-state index contributed by atoms with van der Waals surface area (Å²) in [7, 11) is 0. The zero-order valence-corrected chi connectivity index (χ0v) is 10.6. The first-order chi connectivity index (χ1) is 9.20. The lowest BCUT2D eigenvalue weighted by Crippen LogP contribution is -2.32. The van der Waals surface area contributed by atoms with Gasteiger partial charge in [0.15, 0.2) is 11.5 Å². The SMILES string of the molecule is CCOC(=O)C(=O)NCc1ccc2c(c1)OCCO2. The van der Waals surface area contributed by atoms with Gasteiger partial charge >= 0.3 is 11.9 Å². The predicted octanol–water partition coefficient (Wildman–Crippen LogP) is 0.637. The van der Waals surface area contributed by atoms with Gasteiger partial charge in [0.1, 0.15) is 13.2 Å². The van der Waals surface area contributed by atoms with E-state index in [1.165, 1.54) is 0 Å². The Morgan fingerprint density at radius 1 is 1.26 bits per heavy atom. The monoisotopic (exact) mass is 265 g/mol. The maximum Gasteiger partial charge on any atom is 0.396 e. The smallest absolute Gasteiger partial charge is 0.396 e. The highest BCUT2D eigenvalue weighted by Gasteiger charge is 2.15. The number of benzene rings is 1. The Balaban J connectivity index is 1.93. The van der Waals surface area contributed by atoms with Gasteiger partial charge in [0, 0.05) is 6.54 Å². The second-order valence-corrected chi connectivity index (χ2v) is 3.88. The van der Waals surface area contributed by atoms with E-state index in [-0.39, 0.29) is 13.2 Å². The minimum atomic E-state index is -0.875. The third kappa shape index (κ3) is 3.37. The predicted molar refractivity (Wildman–Crippen MR) is 65.9 cm³/mol. The van der Waals surface area contributed by atoms with Gasteiger partial charge in [-0.25, -0.2) is 4.79 Å². The summed E-state index contributed by atoms with van der Waals surface area (Å²) in [6.07, 6.45) is 0. The molecular formula is C13H15NO5. The molecule has 2 rings (SSSR count). The molecule has 0 bridgehead atoms. The minimum Gasteiger partial charge on any atom is -0.486 e. The molecule has 19 heavy (non-hydrogen) atoms. The quantitative estimate of drug-likeness (QED) is 0.641. The summed E-state index contributed by atoms with van der Waals surface area (Å²) >= 11 is 0. The van der Waals surface area contributed by atoms with Crippen molar-refractivity contribution < 1.29 is 23.8 Å². The third-order valence-corrected chi connectivity index (χ3v) is 2.52. The first-order valence-electron chi connectivity index (χ1n) is 6.04.